The van der Waals surface area contributed by atoms with E-state index in [1.54, 1.807) is 6.92 Å². The smallest absolute Gasteiger partial charge is 0.321 e. The Bertz CT molecular complexity index is 943. The molecule has 2 aromatic heterocycles. The van der Waals surface area contributed by atoms with Gasteiger partial charge in [-0.25, -0.2) is 19.2 Å². The highest BCUT2D eigenvalue weighted by molar-refractivity contribution is 5.78. The van der Waals surface area contributed by atoms with Crippen molar-refractivity contribution < 1.29 is 9.18 Å². The Hall–Kier alpha value is -2.75. The van der Waals surface area contributed by atoms with Crippen LogP contribution < -0.4 is 10.6 Å². The lowest BCUT2D eigenvalue weighted by atomic mass is 10.0. The minimum atomic E-state index is -0.562. The van der Waals surface area contributed by atoms with Gasteiger partial charge in [0.15, 0.2) is 17.5 Å². The maximum Gasteiger partial charge on any atom is 0.321 e. The summed E-state index contributed by atoms with van der Waals surface area (Å²) in [6.45, 7) is 11.6. The van der Waals surface area contributed by atoms with Crippen molar-refractivity contribution in [1.29, 1.82) is 0 Å². The second-order valence-electron chi connectivity index (χ2n) is 8.40. The van der Waals surface area contributed by atoms with Gasteiger partial charge in [0.25, 0.3) is 0 Å². The average Bonchev–Trinajstić information content (AvgIpc) is 3.18. The van der Waals surface area contributed by atoms with Gasteiger partial charge in [-0.05, 0) is 34.6 Å². The fraction of sp³-hybridized carbons (Fsp3) is 0.600. The average molecular weight is 419 g/mol. The molecule has 2 amide bonds. The van der Waals surface area contributed by atoms with Gasteiger partial charge < -0.3 is 20.4 Å². The number of piperazine rings is 1. The van der Waals surface area contributed by atoms with Crippen LogP contribution in [-0.4, -0.2) is 61.2 Å². The number of nitrogens with zero attached hydrogens (tertiary/aromatic N) is 5. The van der Waals surface area contributed by atoms with E-state index < -0.39 is 11.4 Å². The number of aromatic amines is 1. The van der Waals surface area contributed by atoms with Gasteiger partial charge >= 0.3 is 6.03 Å². The molecule has 10 heteroatoms. The van der Waals surface area contributed by atoms with Gasteiger partial charge in [0.1, 0.15) is 5.82 Å². The summed E-state index contributed by atoms with van der Waals surface area (Å²) in [4.78, 5) is 25.1. The number of fused-ring (bicyclic) bond motifs is 1. The zero-order valence-electron chi connectivity index (χ0n) is 17.4. The second-order valence-corrected chi connectivity index (χ2v) is 8.40. The number of aromatic nitrogens is 4. The topological polar surface area (TPSA) is 102 Å². The van der Waals surface area contributed by atoms with E-state index in [0.717, 1.165) is 24.0 Å². The van der Waals surface area contributed by atoms with Gasteiger partial charge in [0.05, 0.1) is 24.0 Å². The van der Waals surface area contributed by atoms with Crippen LogP contribution in [0.1, 0.15) is 52.2 Å². The van der Waals surface area contributed by atoms with Crippen molar-refractivity contribution in [2.75, 3.05) is 18.4 Å². The Morgan fingerprint density at radius 2 is 2.07 bits per heavy atom. The fourth-order valence-corrected chi connectivity index (χ4v) is 4.02. The molecule has 1 saturated heterocycles. The lowest BCUT2D eigenvalue weighted by molar-refractivity contribution is 0.0808. The van der Waals surface area contributed by atoms with Gasteiger partial charge in [0, 0.05) is 30.7 Å². The normalized spacial score (nSPS) is 22.5. The van der Waals surface area contributed by atoms with Crippen LogP contribution in [0.3, 0.4) is 0 Å². The van der Waals surface area contributed by atoms with Gasteiger partial charge in [-0.3, -0.25) is 5.10 Å². The van der Waals surface area contributed by atoms with Gasteiger partial charge in [0.2, 0.25) is 0 Å². The number of anilines is 2. The molecule has 3 N–H and O–H groups in total. The van der Waals surface area contributed by atoms with E-state index in [4.69, 9.17) is 0 Å². The third kappa shape index (κ3) is 3.60. The Morgan fingerprint density at radius 1 is 1.33 bits per heavy atom. The zero-order chi connectivity index (χ0) is 20.9. The molecule has 0 saturated carbocycles. The summed E-state index contributed by atoms with van der Waals surface area (Å²) in [5.41, 5.74) is 1.12. The number of carbonyl (C=O) groups excluding carboxylic acids is 1. The molecule has 2 atom stereocenters. The van der Waals surface area contributed by atoms with Gasteiger partial charge in [-0.2, -0.15) is 5.10 Å². The molecule has 4 heterocycles. The molecule has 0 bridgehead atoms. The van der Waals surface area contributed by atoms with Crippen molar-refractivity contribution in [3.05, 3.63) is 29.1 Å². The number of nitrogens with one attached hydrogen (secondary N) is 3. The zero-order valence-corrected chi connectivity index (χ0v) is 17.4. The molecule has 164 valence electrons. The molecule has 2 aliphatic heterocycles. The second kappa shape index (κ2) is 7.82. The molecule has 9 nitrogen and oxygen atoms in total. The van der Waals surface area contributed by atoms with Crippen molar-refractivity contribution in [1.82, 2.24) is 35.3 Å². The first kappa shape index (κ1) is 21.9. The number of rotatable bonds is 2. The molecular weight excluding hydrogens is 387 g/mol. The van der Waals surface area contributed by atoms with Gasteiger partial charge in [-0.1, -0.05) is 7.43 Å². The first-order valence-corrected chi connectivity index (χ1v) is 9.84. The summed E-state index contributed by atoms with van der Waals surface area (Å²) in [5, 5.41) is 13.7. The quantitative estimate of drug-likeness (QED) is 0.693. The van der Waals surface area contributed by atoms with E-state index >= 15 is 0 Å². The van der Waals surface area contributed by atoms with Crippen LogP contribution in [0.15, 0.2) is 6.20 Å². The number of carbonyl (C=O) groups is 1. The Morgan fingerprint density at radius 3 is 2.80 bits per heavy atom. The third-order valence-corrected chi connectivity index (χ3v) is 5.81. The summed E-state index contributed by atoms with van der Waals surface area (Å²) in [5.74, 6) is 0.447. The molecular formula is C20H31FN8O. The fourth-order valence-electron chi connectivity index (χ4n) is 4.02. The Kier molecular flexibility index (Phi) is 5.72. The van der Waals surface area contributed by atoms with E-state index in [1.807, 2.05) is 30.6 Å². The van der Waals surface area contributed by atoms with E-state index in [-0.39, 0.29) is 31.4 Å². The summed E-state index contributed by atoms with van der Waals surface area (Å²) in [6.07, 6.45) is 1.13. The number of urea groups is 1. The Labute approximate surface area is 176 Å². The van der Waals surface area contributed by atoms with Crippen LogP contribution in [0.4, 0.5) is 20.8 Å². The molecule has 0 aromatic carbocycles. The lowest BCUT2D eigenvalue weighted by Gasteiger charge is -2.42. The van der Waals surface area contributed by atoms with Crippen molar-refractivity contribution in [3.8, 4) is 0 Å². The SMILES string of the molecule is C.Cc1ncc(F)c(Nc2n[nH]c3c2CN(C(=O)N2C[C@@H](C)NC[C@@H]2C)C3(C)C)n1. The number of hydrogen-bond donors (Lipinski definition) is 3. The van der Waals surface area contributed by atoms with Crippen LogP contribution in [0, 0.1) is 12.7 Å². The number of halogens is 1. The van der Waals surface area contributed by atoms with Crippen LogP contribution in [0.5, 0.6) is 0 Å². The Balaban J connectivity index is 0.00000256. The molecule has 4 rings (SSSR count). The van der Waals surface area contributed by atoms with E-state index in [0.29, 0.717) is 24.7 Å². The highest BCUT2D eigenvalue weighted by Gasteiger charge is 2.46. The standard InChI is InChI=1S/C19H27FN8O.CH4/c1-10-8-27(11(2)6-21-10)18(29)28-9-13-15(19(28,4)5)25-26-16(13)24-17-14(20)7-22-12(3)23-17;/h7,10-11,21H,6,8-9H2,1-5H3,(H2,22,23,24,25,26);1H4/t10-,11+;/m1./s1. The molecule has 2 aromatic rings. The molecule has 30 heavy (non-hydrogen) atoms. The summed E-state index contributed by atoms with van der Waals surface area (Å²) in [6, 6.07) is 0.360. The van der Waals surface area contributed by atoms with Crippen molar-refractivity contribution in [2.45, 2.75) is 66.2 Å². The first-order valence-electron chi connectivity index (χ1n) is 9.84. The predicted octanol–water partition coefficient (Wildman–Crippen LogP) is 2.88. The minimum absolute atomic E-state index is 0. The molecule has 0 unspecified atom stereocenters. The number of amides is 2. The molecule has 0 aliphatic carbocycles. The van der Waals surface area contributed by atoms with E-state index in [2.05, 4.69) is 37.7 Å². The molecule has 1 fully saturated rings. The summed E-state index contributed by atoms with van der Waals surface area (Å²) >= 11 is 0. The van der Waals surface area contributed by atoms with Gasteiger partial charge in [-0.15, -0.1) is 0 Å². The van der Waals surface area contributed by atoms with Crippen molar-refractivity contribution in [2.24, 2.45) is 0 Å². The predicted molar refractivity (Wildman–Crippen MR) is 113 cm³/mol. The van der Waals surface area contributed by atoms with Crippen LogP contribution in [0.2, 0.25) is 0 Å². The first-order chi connectivity index (χ1) is 13.7. The maximum absolute atomic E-state index is 14.1. The minimum Gasteiger partial charge on any atom is -0.321 e. The summed E-state index contributed by atoms with van der Waals surface area (Å²) in [7, 11) is 0. The maximum atomic E-state index is 14.1. The van der Waals surface area contributed by atoms with Crippen molar-refractivity contribution >= 4 is 17.7 Å². The van der Waals surface area contributed by atoms with Crippen molar-refractivity contribution in [3.63, 3.8) is 0 Å². The molecule has 2 aliphatic rings. The molecule has 0 spiro atoms. The lowest BCUT2D eigenvalue weighted by Crippen LogP contribution is -2.60. The van der Waals surface area contributed by atoms with E-state index in [9.17, 15) is 9.18 Å². The van der Waals surface area contributed by atoms with Crippen LogP contribution >= 0.6 is 0 Å². The van der Waals surface area contributed by atoms with E-state index in [1.165, 1.54) is 0 Å². The largest absolute Gasteiger partial charge is 0.321 e. The highest BCUT2D eigenvalue weighted by Crippen LogP contribution is 2.41. The monoisotopic (exact) mass is 418 g/mol. The number of H-pyrrole nitrogens is 1. The molecule has 0 radical (unpaired) electrons. The number of hydrogen-bond acceptors (Lipinski definition) is 6. The highest BCUT2D eigenvalue weighted by atomic mass is 19.1. The van der Waals surface area contributed by atoms with Crippen LogP contribution in [0.25, 0.3) is 0 Å². The third-order valence-electron chi connectivity index (χ3n) is 5.81. The van der Waals surface area contributed by atoms with Crippen LogP contribution in [-0.2, 0) is 12.1 Å². The summed E-state index contributed by atoms with van der Waals surface area (Å²) < 4.78 is 14.1. The number of aryl methyl sites for hydroxylation is 1.